The molecule has 0 bridgehead atoms. The van der Waals surface area contributed by atoms with Gasteiger partial charge in [0.05, 0.1) is 24.3 Å². The van der Waals surface area contributed by atoms with Gasteiger partial charge in [-0.05, 0) is 61.0 Å². The van der Waals surface area contributed by atoms with Gasteiger partial charge in [-0.15, -0.1) is 0 Å². The lowest BCUT2D eigenvalue weighted by Crippen LogP contribution is -2.54. The van der Waals surface area contributed by atoms with Gasteiger partial charge in [0.25, 0.3) is 0 Å². The fourth-order valence-corrected chi connectivity index (χ4v) is 5.21. The van der Waals surface area contributed by atoms with Crippen molar-refractivity contribution in [2.75, 3.05) is 32.2 Å². The second-order valence-electron chi connectivity index (χ2n) is 13.0. The Morgan fingerprint density at radius 3 is 2.14 bits per heavy atom. The lowest BCUT2D eigenvalue weighted by molar-refractivity contribution is -0.501. The highest BCUT2D eigenvalue weighted by atomic mass is 32.2. The Labute approximate surface area is 268 Å². The molecule has 0 saturated carbocycles. The van der Waals surface area contributed by atoms with Crippen LogP contribution >= 0.6 is 11.8 Å². The van der Waals surface area contributed by atoms with Crippen molar-refractivity contribution in [1.29, 1.82) is 0 Å². The van der Waals surface area contributed by atoms with E-state index in [1.54, 1.807) is 30.4 Å². The molecule has 5 N–H and O–H groups in total. The van der Waals surface area contributed by atoms with Crippen molar-refractivity contribution in [3.63, 3.8) is 0 Å². The smallest absolute Gasteiger partial charge is 0.408 e. The Morgan fingerprint density at radius 2 is 1.61 bits per heavy atom. The monoisotopic (exact) mass is 641 g/mol. The zero-order valence-corrected chi connectivity index (χ0v) is 29.2. The van der Waals surface area contributed by atoms with Crippen molar-refractivity contribution in [2.24, 2.45) is 28.8 Å². The molecule has 1 aliphatic heterocycles. The SMILES string of the molecule is CSCC[C@H](NC(=O)OCC1=[N+](C)N=C(C)C1)C(=O)N[C@@H](CC(C)C)[C@@H](O)C[C@@H](C)C(=O)N[C@H](C(=O)NCC(C)C)C(C)C. The molecule has 13 heteroatoms. The number of carbonyl (C=O) groups is 4. The van der Waals surface area contributed by atoms with Crippen LogP contribution in [-0.4, -0.2) is 101 Å². The van der Waals surface area contributed by atoms with E-state index >= 15 is 0 Å². The summed E-state index contributed by atoms with van der Waals surface area (Å²) in [5, 5.41) is 26.8. The van der Waals surface area contributed by atoms with Gasteiger partial charge >= 0.3 is 6.09 Å². The lowest BCUT2D eigenvalue weighted by atomic mass is 9.91. The molecular formula is C31H57N6O6S+. The van der Waals surface area contributed by atoms with Crippen LogP contribution in [-0.2, 0) is 19.1 Å². The van der Waals surface area contributed by atoms with Crippen LogP contribution in [0.25, 0.3) is 0 Å². The second-order valence-corrected chi connectivity index (χ2v) is 14.0. The van der Waals surface area contributed by atoms with Crippen LogP contribution < -0.4 is 21.3 Å². The number of rotatable bonds is 19. The van der Waals surface area contributed by atoms with Crippen molar-refractivity contribution in [3.8, 4) is 0 Å². The first kappa shape index (κ1) is 39.4. The van der Waals surface area contributed by atoms with Gasteiger partial charge in [-0.25, -0.2) is 4.79 Å². The number of hydrogen-bond donors (Lipinski definition) is 5. The highest BCUT2D eigenvalue weighted by molar-refractivity contribution is 7.98. The van der Waals surface area contributed by atoms with E-state index in [4.69, 9.17) is 4.74 Å². The molecule has 0 aromatic carbocycles. The molecule has 1 heterocycles. The number of ether oxygens (including phenoxy) is 1. The van der Waals surface area contributed by atoms with Crippen molar-refractivity contribution >= 4 is 47.0 Å². The summed E-state index contributed by atoms with van der Waals surface area (Å²) in [7, 11) is 1.79. The fourth-order valence-electron chi connectivity index (χ4n) is 4.74. The first-order valence-corrected chi connectivity index (χ1v) is 17.1. The Balaban J connectivity index is 2.87. The van der Waals surface area contributed by atoms with Gasteiger partial charge in [-0.3, -0.25) is 14.4 Å². The maximum absolute atomic E-state index is 13.4. The number of alkyl carbamates (subject to hydrolysis) is 1. The minimum atomic E-state index is -1.03. The first-order valence-electron chi connectivity index (χ1n) is 15.7. The van der Waals surface area contributed by atoms with E-state index in [1.807, 2.05) is 54.7 Å². The highest BCUT2D eigenvalue weighted by Crippen LogP contribution is 2.17. The van der Waals surface area contributed by atoms with E-state index in [1.165, 1.54) is 0 Å². The van der Waals surface area contributed by atoms with Gasteiger partial charge in [0.1, 0.15) is 12.1 Å². The summed E-state index contributed by atoms with van der Waals surface area (Å²) in [6.07, 6.45) is 1.73. The van der Waals surface area contributed by atoms with E-state index in [0.29, 0.717) is 31.6 Å². The Morgan fingerprint density at radius 1 is 0.955 bits per heavy atom. The van der Waals surface area contributed by atoms with E-state index in [-0.39, 0.29) is 42.6 Å². The quantitative estimate of drug-likeness (QED) is 0.136. The lowest BCUT2D eigenvalue weighted by Gasteiger charge is -2.30. The van der Waals surface area contributed by atoms with E-state index in [9.17, 15) is 24.3 Å². The third-order valence-electron chi connectivity index (χ3n) is 7.32. The van der Waals surface area contributed by atoms with Gasteiger partial charge in [0, 0.05) is 12.5 Å². The van der Waals surface area contributed by atoms with Crippen molar-refractivity contribution < 1.29 is 33.7 Å². The third-order valence-corrected chi connectivity index (χ3v) is 7.96. The molecule has 4 amide bonds. The van der Waals surface area contributed by atoms with Gasteiger partial charge in [0.15, 0.2) is 13.7 Å². The van der Waals surface area contributed by atoms with E-state index in [0.717, 1.165) is 11.4 Å². The van der Waals surface area contributed by atoms with Gasteiger partial charge in [0.2, 0.25) is 23.4 Å². The molecule has 0 fully saturated rings. The number of thioether (sulfide) groups is 1. The molecule has 5 atom stereocenters. The molecule has 1 aliphatic rings. The number of nitrogens with one attached hydrogen (secondary N) is 4. The van der Waals surface area contributed by atoms with Crippen molar-refractivity contribution in [2.45, 2.75) is 105 Å². The number of hydrazone groups is 1. The van der Waals surface area contributed by atoms with E-state index < -0.39 is 42.1 Å². The zero-order chi connectivity index (χ0) is 33.6. The number of hydrogen-bond acceptors (Lipinski definition) is 8. The van der Waals surface area contributed by atoms with Gasteiger partial charge in [-0.1, -0.05) is 53.2 Å². The summed E-state index contributed by atoms with van der Waals surface area (Å²) < 4.78 is 7.07. The number of nitrogens with zero attached hydrogens (tertiary/aromatic N) is 2. The molecule has 44 heavy (non-hydrogen) atoms. The zero-order valence-electron chi connectivity index (χ0n) is 28.4. The van der Waals surface area contributed by atoms with Crippen molar-refractivity contribution in [3.05, 3.63) is 0 Å². The first-order chi connectivity index (χ1) is 20.5. The molecule has 12 nitrogen and oxygen atoms in total. The number of amides is 4. The molecule has 252 valence electrons. The molecule has 0 aliphatic carbocycles. The summed E-state index contributed by atoms with van der Waals surface area (Å²) >= 11 is 1.55. The average molecular weight is 642 g/mol. The second kappa shape index (κ2) is 19.7. The Kier molecular flexibility index (Phi) is 17.6. The van der Waals surface area contributed by atoms with Crippen LogP contribution in [0.2, 0.25) is 0 Å². The molecular weight excluding hydrogens is 584 g/mol. The van der Waals surface area contributed by atoms with Crippen LogP contribution in [0.15, 0.2) is 5.10 Å². The van der Waals surface area contributed by atoms with Crippen LogP contribution in [0.3, 0.4) is 0 Å². The van der Waals surface area contributed by atoms with Crippen LogP contribution in [0, 0.1) is 23.7 Å². The molecule has 0 radical (unpaired) electrons. The van der Waals surface area contributed by atoms with Gasteiger partial charge in [-0.2, -0.15) is 11.8 Å². The van der Waals surface area contributed by atoms with Gasteiger partial charge < -0.3 is 31.1 Å². The number of aliphatic hydroxyl groups is 1. The summed E-state index contributed by atoms with van der Waals surface area (Å²) in [6.45, 7) is 15.9. The molecule has 0 aromatic rings. The number of carbonyl (C=O) groups excluding carboxylic acids is 4. The maximum Gasteiger partial charge on any atom is 0.408 e. The Bertz CT molecular complexity index is 1030. The molecule has 0 spiro atoms. The summed E-state index contributed by atoms with van der Waals surface area (Å²) in [4.78, 5) is 51.8. The summed E-state index contributed by atoms with van der Waals surface area (Å²) in [5.74, 6) is -0.694. The van der Waals surface area contributed by atoms with Crippen LogP contribution in [0.4, 0.5) is 4.79 Å². The molecule has 0 unspecified atom stereocenters. The van der Waals surface area contributed by atoms with E-state index in [2.05, 4.69) is 26.4 Å². The summed E-state index contributed by atoms with van der Waals surface area (Å²) in [5.41, 5.74) is 1.77. The molecule has 0 saturated heterocycles. The molecule has 0 aromatic heterocycles. The highest BCUT2D eigenvalue weighted by Gasteiger charge is 2.32. The Hall–Kier alpha value is -2.67. The largest absolute Gasteiger partial charge is 0.439 e. The third kappa shape index (κ3) is 14.4. The van der Waals surface area contributed by atoms with Crippen LogP contribution in [0.5, 0.6) is 0 Å². The predicted molar refractivity (Wildman–Crippen MR) is 176 cm³/mol. The predicted octanol–water partition coefficient (Wildman–Crippen LogP) is 2.53. The van der Waals surface area contributed by atoms with Crippen LogP contribution in [0.1, 0.15) is 81.1 Å². The minimum Gasteiger partial charge on any atom is -0.439 e. The average Bonchev–Trinajstić information content (AvgIpc) is 3.26. The topological polar surface area (TPSA) is 161 Å². The maximum atomic E-state index is 13.4. The minimum absolute atomic E-state index is 0.0612. The van der Waals surface area contributed by atoms with Crippen molar-refractivity contribution in [1.82, 2.24) is 21.3 Å². The summed E-state index contributed by atoms with van der Waals surface area (Å²) in [6, 6.07) is -2.21. The fraction of sp³-hybridized carbons (Fsp3) is 0.806. The normalized spacial score (nSPS) is 16.7. The number of aliphatic hydroxyl groups excluding tert-OH is 1. The molecule has 1 rings (SSSR count). The standard InChI is InChI=1S/C31H56N6O6S/c1-18(2)13-25(26(38)14-21(7)28(39)35-27(20(5)6)30(41)32-16-19(3)4)33-29(40)24(11-12-44-10)34-31(42)43-17-23-15-22(8)36-37(23)9/h18-21,24-27,38H,11-17H2,1-10H3,(H3-,32,33,34,35,39,40,41,42)/p+1/t21-,24+,25+,26+,27+/m1/s1.